The van der Waals surface area contributed by atoms with Crippen LogP contribution in [0.25, 0.3) is 10.9 Å². The topological polar surface area (TPSA) is 97.8 Å². The Morgan fingerprint density at radius 1 is 1.46 bits per heavy atom. The molecule has 4 rings (SSSR count). The molecule has 0 radical (unpaired) electrons. The molecule has 140 valence electrons. The summed E-state index contributed by atoms with van der Waals surface area (Å²) >= 11 is 1.65. The van der Waals surface area contributed by atoms with Crippen molar-refractivity contribution in [1.29, 1.82) is 0 Å². The van der Waals surface area contributed by atoms with Crippen LogP contribution in [0, 0.1) is 0 Å². The van der Waals surface area contributed by atoms with Crippen LogP contribution in [-0.2, 0) is 10.0 Å². The van der Waals surface area contributed by atoms with E-state index in [1.54, 1.807) is 11.8 Å². The summed E-state index contributed by atoms with van der Waals surface area (Å²) in [6, 6.07) is 8.18. The number of para-hydroxylation sites is 1. The third-order valence-corrected chi connectivity index (χ3v) is 7.21. The Balaban J connectivity index is 1.57. The highest BCUT2D eigenvalue weighted by Crippen LogP contribution is 2.30. The van der Waals surface area contributed by atoms with Gasteiger partial charge < -0.3 is 15.4 Å². The lowest BCUT2D eigenvalue weighted by atomic mass is 10.2. The number of aliphatic hydroxyl groups excluding tert-OH is 1. The lowest BCUT2D eigenvalue weighted by Crippen LogP contribution is -2.30. The summed E-state index contributed by atoms with van der Waals surface area (Å²) < 4.78 is 24.9. The minimum absolute atomic E-state index is 0.0283. The van der Waals surface area contributed by atoms with Crippen molar-refractivity contribution >= 4 is 43.4 Å². The van der Waals surface area contributed by atoms with Crippen LogP contribution in [0.3, 0.4) is 0 Å². The summed E-state index contributed by atoms with van der Waals surface area (Å²) in [4.78, 5) is 7.99. The van der Waals surface area contributed by atoms with E-state index in [9.17, 15) is 13.5 Å². The second-order valence-electron chi connectivity index (χ2n) is 6.79. The lowest BCUT2D eigenvalue weighted by Gasteiger charge is -2.16. The molecule has 2 aromatic rings. The fourth-order valence-electron chi connectivity index (χ4n) is 3.42. The first-order valence-electron chi connectivity index (χ1n) is 8.59. The highest BCUT2D eigenvalue weighted by atomic mass is 32.2. The number of nitrogens with one attached hydrogen (secondary N) is 2. The van der Waals surface area contributed by atoms with Crippen LogP contribution in [0.1, 0.15) is 12.1 Å². The number of sulfonamides is 1. The molecule has 9 heteroatoms. The zero-order chi connectivity index (χ0) is 18.3. The van der Waals surface area contributed by atoms with Crippen molar-refractivity contribution in [2.45, 2.75) is 18.5 Å². The van der Waals surface area contributed by atoms with Crippen LogP contribution in [-0.4, -0.2) is 71.6 Å². The number of fused-ring (bicyclic) bond motifs is 1. The predicted molar refractivity (Wildman–Crippen MR) is 107 cm³/mol. The van der Waals surface area contributed by atoms with E-state index in [4.69, 9.17) is 0 Å². The Morgan fingerprint density at radius 2 is 2.31 bits per heavy atom. The molecule has 0 saturated carbocycles. The van der Waals surface area contributed by atoms with E-state index < -0.39 is 10.0 Å². The van der Waals surface area contributed by atoms with Crippen LogP contribution in [0.5, 0.6) is 0 Å². The summed E-state index contributed by atoms with van der Waals surface area (Å²) in [6.07, 6.45) is 2.05. The number of aliphatic imine (C=N–C) groups is 1. The van der Waals surface area contributed by atoms with Crippen LogP contribution in [0.4, 0.5) is 5.69 Å². The number of H-pyrrole nitrogens is 1. The van der Waals surface area contributed by atoms with E-state index in [0.717, 1.165) is 39.5 Å². The van der Waals surface area contributed by atoms with Crippen LogP contribution in [0.2, 0.25) is 0 Å². The number of hydrogen-bond donors (Lipinski definition) is 3. The summed E-state index contributed by atoms with van der Waals surface area (Å²) in [6.45, 7) is 1.12. The van der Waals surface area contributed by atoms with Crippen LogP contribution >= 0.6 is 11.8 Å². The third-order valence-electron chi connectivity index (χ3n) is 4.79. The second kappa shape index (κ2) is 6.88. The summed E-state index contributed by atoms with van der Waals surface area (Å²) in [5.41, 5.74) is 2.92. The van der Waals surface area contributed by atoms with Crippen molar-refractivity contribution in [2.75, 3.05) is 37.0 Å². The average Bonchev–Trinajstić information content (AvgIpc) is 3.33. The molecular weight excluding hydrogens is 372 g/mol. The quantitative estimate of drug-likeness (QED) is 0.713. The van der Waals surface area contributed by atoms with Gasteiger partial charge in [0.15, 0.2) is 0 Å². The fourth-order valence-corrected chi connectivity index (χ4v) is 5.32. The van der Waals surface area contributed by atoms with Gasteiger partial charge in [0, 0.05) is 30.3 Å². The molecule has 1 fully saturated rings. The van der Waals surface area contributed by atoms with Crippen LogP contribution < -0.4 is 5.32 Å². The summed E-state index contributed by atoms with van der Waals surface area (Å²) in [5, 5.41) is 14.8. The molecule has 26 heavy (non-hydrogen) atoms. The Labute approximate surface area is 156 Å². The van der Waals surface area contributed by atoms with Crippen molar-refractivity contribution in [3.8, 4) is 0 Å². The van der Waals surface area contributed by atoms with Gasteiger partial charge in [0.05, 0.1) is 35.8 Å². The molecule has 3 N–H and O–H groups in total. The van der Waals surface area contributed by atoms with Gasteiger partial charge >= 0.3 is 0 Å². The molecule has 1 unspecified atom stereocenters. The van der Waals surface area contributed by atoms with Gasteiger partial charge in [0.2, 0.25) is 10.0 Å². The fraction of sp³-hybridized carbons (Fsp3) is 0.471. The van der Waals surface area contributed by atoms with Gasteiger partial charge in [-0.15, -0.1) is 11.8 Å². The molecule has 2 aliphatic heterocycles. The molecule has 0 bridgehead atoms. The van der Waals surface area contributed by atoms with Gasteiger partial charge in [-0.1, -0.05) is 12.1 Å². The van der Waals surface area contributed by atoms with Gasteiger partial charge in [-0.05, 0) is 18.6 Å². The van der Waals surface area contributed by atoms with E-state index in [0.29, 0.717) is 13.1 Å². The number of hydrogen-bond acceptors (Lipinski definition) is 6. The number of benzene rings is 1. The highest BCUT2D eigenvalue weighted by molar-refractivity contribution is 8.14. The molecule has 0 amide bonds. The monoisotopic (exact) mass is 394 g/mol. The maximum absolute atomic E-state index is 11.7. The van der Waals surface area contributed by atoms with Crippen molar-refractivity contribution in [3.05, 3.63) is 30.0 Å². The number of aliphatic hydroxyl groups is 1. The van der Waals surface area contributed by atoms with Crippen molar-refractivity contribution < 1.29 is 13.5 Å². The first-order chi connectivity index (χ1) is 12.4. The number of thioether (sulfide) groups is 1. The van der Waals surface area contributed by atoms with Crippen molar-refractivity contribution in [3.63, 3.8) is 0 Å². The van der Waals surface area contributed by atoms with E-state index in [1.165, 1.54) is 10.6 Å². The molecule has 7 nitrogen and oxygen atoms in total. The number of aromatic nitrogens is 1. The zero-order valence-corrected chi connectivity index (χ0v) is 16.1. The Bertz CT molecular complexity index is 954. The van der Waals surface area contributed by atoms with Crippen LogP contribution in [0.15, 0.2) is 29.3 Å². The predicted octanol–water partition coefficient (Wildman–Crippen LogP) is 1.47. The van der Waals surface area contributed by atoms with Gasteiger partial charge in [0.1, 0.15) is 5.04 Å². The summed E-state index contributed by atoms with van der Waals surface area (Å²) in [7, 11) is -3.14. The first kappa shape index (κ1) is 17.8. The number of anilines is 1. The first-order valence-corrected chi connectivity index (χ1v) is 11.4. The van der Waals surface area contributed by atoms with Gasteiger partial charge in [-0.3, -0.25) is 4.99 Å². The molecule has 2 atom stereocenters. The molecule has 3 heterocycles. The van der Waals surface area contributed by atoms with E-state index in [2.05, 4.69) is 21.4 Å². The molecule has 1 aromatic carbocycles. The third kappa shape index (κ3) is 3.48. The number of nitrogens with zero attached hydrogens (tertiary/aromatic N) is 2. The summed E-state index contributed by atoms with van der Waals surface area (Å²) in [5.74, 6) is 0.801. The van der Waals surface area contributed by atoms with Crippen molar-refractivity contribution in [1.82, 2.24) is 9.29 Å². The Kier molecular flexibility index (Phi) is 4.72. The van der Waals surface area contributed by atoms with E-state index >= 15 is 0 Å². The average molecular weight is 395 g/mol. The minimum Gasteiger partial charge on any atom is -0.394 e. The molecule has 0 aliphatic carbocycles. The highest BCUT2D eigenvalue weighted by Gasteiger charge is 2.29. The zero-order valence-electron chi connectivity index (χ0n) is 14.5. The van der Waals surface area contributed by atoms with Gasteiger partial charge in [-0.25, -0.2) is 12.7 Å². The maximum Gasteiger partial charge on any atom is 0.211 e. The van der Waals surface area contributed by atoms with E-state index in [-0.39, 0.29) is 18.7 Å². The lowest BCUT2D eigenvalue weighted by molar-refractivity contribution is 0.277. The molecule has 2 aliphatic rings. The molecule has 1 saturated heterocycles. The Morgan fingerprint density at radius 3 is 3.00 bits per heavy atom. The molecule has 1 aromatic heterocycles. The smallest absolute Gasteiger partial charge is 0.211 e. The minimum atomic E-state index is -3.14. The van der Waals surface area contributed by atoms with Gasteiger partial charge in [-0.2, -0.15) is 0 Å². The second-order valence-corrected chi connectivity index (χ2v) is 9.78. The van der Waals surface area contributed by atoms with E-state index in [1.807, 2.05) is 18.2 Å². The Hall–Kier alpha value is -1.55. The molecular formula is C17H22N4O3S2. The van der Waals surface area contributed by atoms with Crippen molar-refractivity contribution in [2.24, 2.45) is 4.99 Å². The number of rotatable bonds is 5. The molecule has 0 spiro atoms. The van der Waals surface area contributed by atoms with Gasteiger partial charge in [0.25, 0.3) is 0 Å². The number of aromatic amines is 1. The normalized spacial score (nSPS) is 24.3. The largest absolute Gasteiger partial charge is 0.394 e. The maximum atomic E-state index is 11.7. The SMILES string of the molecule is CS(=O)(=O)N1CC[C@@H](Nc2cccc3cc(C4=NC(CO)CS4)[nH]c23)C1. The standard InChI is InChI=1S/C17H22N4O3S2/c1-26(23,24)21-6-5-12(8-21)18-14-4-2-3-11-7-15(20-16(11)14)17-19-13(9-22)10-25-17/h2-4,7,12-13,18,20,22H,5-6,8-10H2,1H3/t12-,13?/m1/s1.